The number of aryl methyl sites for hydroxylation is 1. The van der Waals surface area contributed by atoms with Crippen LogP contribution in [0, 0.1) is 6.92 Å². The van der Waals surface area contributed by atoms with Crippen LogP contribution in [0.1, 0.15) is 52.9 Å². The number of hydrogen-bond donors (Lipinski definition) is 2. The third kappa shape index (κ3) is 4.54. The van der Waals surface area contributed by atoms with Gasteiger partial charge in [-0.25, -0.2) is 4.68 Å². The Morgan fingerprint density at radius 2 is 1.72 bits per heavy atom. The van der Waals surface area contributed by atoms with Crippen molar-refractivity contribution in [1.82, 2.24) is 15.1 Å². The number of hydrogen-bond acceptors (Lipinski definition) is 3. The number of rotatable bonds is 7. The smallest absolute Gasteiger partial charge is 0.312 e. The number of benzene rings is 2. The highest BCUT2D eigenvalue weighted by Crippen LogP contribution is 2.24. The Bertz CT molecular complexity index is 992. The van der Waals surface area contributed by atoms with Gasteiger partial charge in [0.25, 0.3) is 5.91 Å². The molecule has 0 saturated carbocycles. The molecule has 1 aromatic heterocycles. The van der Waals surface area contributed by atoms with Crippen molar-refractivity contribution in [2.75, 3.05) is 6.54 Å². The van der Waals surface area contributed by atoms with E-state index in [9.17, 15) is 14.7 Å². The van der Waals surface area contributed by atoms with Gasteiger partial charge in [0.15, 0.2) is 0 Å². The van der Waals surface area contributed by atoms with Crippen LogP contribution in [0.5, 0.6) is 0 Å². The maximum Gasteiger partial charge on any atom is 0.312 e. The van der Waals surface area contributed by atoms with Crippen LogP contribution in [-0.2, 0) is 4.79 Å². The van der Waals surface area contributed by atoms with Crippen LogP contribution in [0.2, 0.25) is 0 Å². The maximum absolute atomic E-state index is 12.9. The van der Waals surface area contributed by atoms with Crippen LogP contribution in [0.3, 0.4) is 0 Å². The Morgan fingerprint density at radius 3 is 2.31 bits per heavy atom. The minimum atomic E-state index is -0.976. The fourth-order valence-electron chi connectivity index (χ4n) is 3.30. The highest BCUT2D eigenvalue weighted by atomic mass is 16.4. The lowest BCUT2D eigenvalue weighted by Crippen LogP contribution is -2.32. The molecule has 0 radical (unpaired) electrons. The molecule has 0 saturated heterocycles. The van der Waals surface area contributed by atoms with E-state index in [0.717, 1.165) is 16.9 Å². The Hall–Kier alpha value is -3.41. The third-order valence-electron chi connectivity index (χ3n) is 4.84. The minimum absolute atomic E-state index is 0.00538. The number of carboxylic acid groups (broad SMARTS) is 1. The zero-order valence-electron chi connectivity index (χ0n) is 16.8. The van der Waals surface area contributed by atoms with Gasteiger partial charge in [0.2, 0.25) is 0 Å². The fourth-order valence-corrected chi connectivity index (χ4v) is 3.30. The minimum Gasteiger partial charge on any atom is -0.481 e. The Balaban J connectivity index is 1.84. The molecule has 0 spiro atoms. The van der Waals surface area contributed by atoms with Crippen molar-refractivity contribution >= 4 is 11.9 Å². The van der Waals surface area contributed by atoms with Crippen molar-refractivity contribution in [1.29, 1.82) is 0 Å². The molecule has 2 aromatic carbocycles. The molecule has 1 atom stereocenters. The van der Waals surface area contributed by atoms with E-state index in [4.69, 9.17) is 0 Å². The second-order valence-electron chi connectivity index (χ2n) is 7.36. The molecule has 3 aromatic rings. The Labute approximate surface area is 170 Å². The molecule has 1 unspecified atom stereocenters. The summed E-state index contributed by atoms with van der Waals surface area (Å²) in [5, 5.41) is 16.8. The molecule has 2 N–H and O–H groups in total. The molecule has 6 heteroatoms. The lowest BCUT2D eigenvalue weighted by molar-refractivity contribution is -0.138. The van der Waals surface area contributed by atoms with Gasteiger partial charge < -0.3 is 10.4 Å². The van der Waals surface area contributed by atoms with Gasteiger partial charge in [0.05, 0.1) is 29.1 Å². The number of amides is 1. The molecule has 150 valence electrons. The summed E-state index contributed by atoms with van der Waals surface area (Å²) in [7, 11) is 0. The van der Waals surface area contributed by atoms with Crippen molar-refractivity contribution in [3.8, 4) is 5.69 Å². The van der Waals surface area contributed by atoms with Crippen LogP contribution in [-0.4, -0.2) is 33.3 Å². The van der Waals surface area contributed by atoms with Gasteiger partial charge in [-0.2, -0.15) is 5.10 Å². The van der Waals surface area contributed by atoms with Crippen LogP contribution >= 0.6 is 0 Å². The average Bonchev–Trinajstić information content (AvgIpc) is 3.14. The SMILES string of the molecule is Cc1ccc(-n2ncc(C(=O)NCC(C(=O)O)c3ccccc3)c2C(C)C)cc1. The molecule has 29 heavy (non-hydrogen) atoms. The lowest BCUT2D eigenvalue weighted by atomic mass is 9.99. The van der Waals surface area contributed by atoms with Gasteiger partial charge in [0.1, 0.15) is 0 Å². The monoisotopic (exact) mass is 391 g/mol. The summed E-state index contributed by atoms with van der Waals surface area (Å²) in [4.78, 5) is 24.5. The van der Waals surface area contributed by atoms with E-state index in [1.54, 1.807) is 35.1 Å². The number of aliphatic carboxylic acids is 1. The topological polar surface area (TPSA) is 84.2 Å². The van der Waals surface area contributed by atoms with Crippen molar-refractivity contribution in [3.63, 3.8) is 0 Å². The van der Waals surface area contributed by atoms with Gasteiger partial charge in [-0.3, -0.25) is 9.59 Å². The number of nitrogens with zero attached hydrogens (tertiary/aromatic N) is 2. The van der Waals surface area contributed by atoms with Crippen LogP contribution in [0.4, 0.5) is 0 Å². The first-order chi connectivity index (χ1) is 13.9. The molecule has 6 nitrogen and oxygen atoms in total. The van der Waals surface area contributed by atoms with E-state index < -0.39 is 11.9 Å². The molecule has 0 bridgehead atoms. The van der Waals surface area contributed by atoms with Crippen molar-refractivity contribution in [2.45, 2.75) is 32.6 Å². The number of nitrogens with one attached hydrogen (secondary N) is 1. The van der Waals surface area contributed by atoms with Gasteiger partial charge in [-0.1, -0.05) is 61.9 Å². The van der Waals surface area contributed by atoms with Crippen molar-refractivity contribution in [2.24, 2.45) is 0 Å². The van der Waals surface area contributed by atoms with E-state index >= 15 is 0 Å². The normalized spacial score (nSPS) is 12.0. The van der Waals surface area contributed by atoms with Crippen molar-refractivity contribution < 1.29 is 14.7 Å². The van der Waals surface area contributed by atoms with Gasteiger partial charge in [-0.05, 0) is 30.5 Å². The van der Waals surface area contributed by atoms with Crippen LogP contribution in [0.25, 0.3) is 5.69 Å². The number of aromatic nitrogens is 2. The fraction of sp³-hybridized carbons (Fsp3) is 0.261. The second kappa shape index (κ2) is 8.73. The number of carboxylic acids is 1. The summed E-state index contributed by atoms with van der Waals surface area (Å²) in [6.45, 7) is 6.02. The maximum atomic E-state index is 12.9. The lowest BCUT2D eigenvalue weighted by Gasteiger charge is -2.15. The number of carbonyl (C=O) groups is 2. The first-order valence-corrected chi connectivity index (χ1v) is 9.59. The Morgan fingerprint density at radius 1 is 1.07 bits per heavy atom. The summed E-state index contributed by atoms with van der Waals surface area (Å²) in [5.74, 6) is -2.05. The molecule has 1 amide bonds. The summed E-state index contributed by atoms with van der Waals surface area (Å²) in [6.07, 6.45) is 1.54. The standard InChI is InChI=1S/C23H25N3O3/c1-15(2)21-20(14-25-26(21)18-11-9-16(3)10-12-18)22(27)24-13-19(23(28)29)17-7-5-4-6-8-17/h4-12,14-15,19H,13H2,1-3H3,(H,24,27)(H,28,29). The van der Waals surface area contributed by atoms with E-state index in [1.165, 1.54) is 0 Å². The van der Waals surface area contributed by atoms with Gasteiger partial charge in [0, 0.05) is 6.54 Å². The van der Waals surface area contributed by atoms with Crippen LogP contribution < -0.4 is 5.32 Å². The molecule has 3 rings (SSSR count). The van der Waals surface area contributed by atoms with Gasteiger partial charge in [-0.15, -0.1) is 0 Å². The largest absolute Gasteiger partial charge is 0.481 e. The third-order valence-corrected chi connectivity index (χ3v) is 4.84. The quantitative estimate of drug-likeness (QED) is 0.640. The predicted octanol–water partition coefficient (Wildman–Crippen LogP) is 3.90. The molecule has 0 aliphatic rings. The molecule has 0 fully saturated rings. The van der Waals surface area contributed by atoms with E-state index in [1.807, 2.05) is 51.1 Å². The highest BCUT2D eigenvalue weighted by molar-refractivity contribution is 5.95. The average molecular weight is 391 g/mol. The summed E-state index contributed by atoms with van der Waals surface area (Å²) < 4.78 is 1.77. The summed E-state index contributed by atoms with van der Waals surface area (Å²) >= 11 is 0. The van der Waals surface area contributed by atoms with Crippen molar-refractivity contribution in [3.05, 3.63) is 83.2 Å². The molecular weight excluding hydrogens is 366 g/mol. The first kappa shape index (κ1) is 20.3. The summed E-state index contributed by atoms with van der Waals surface area (Å²) in [6, 6.07) is 16.8. The zero-order valence-corrected chi connectivity index (χ0v) is 16.8. The molecular formula is C23H25N3O3. The number of carbonyl (C=O) groups excluding carboxylic acids is 1. The molecule has 1 heterocycles. The second-order valence-corrected chi connectivity index (χ2v) is 7.36. The predicted molar refractivity (Wildman–Crippen MR) is 112 cm³/mol. The van der Waals surface area contributed by atoms with E-state index in [-0.39, 0.29) is 18.4 Å². The summed E-state index contributed by atoms with van der Waals surface area (Å²) in [5.41, 5.74) is 3.92. The van der Waals surface area contributed by atoms with E-state index in [2.05, 4.69) is 10.4 Å². The van der Waals surface area contributed by atoms with Gasteiger partial charge >= 0.3 is 5.97 Å². The zero-order chi connectivity index (χ0) is 21.0. The Kier molecular flexibility index (Phi) is 6.12. The molecule has 0 aliphatic heterocycles. The highest BCUT2D eigenvalue weighted by Gasteiger charge is 2.24. The van der Waals surface area contributed by atoms with E-state index in [0.29, 0.717) is 11.1 Å². The molecule has 0 aliphatic carbocycles. The van der Waals surface area contributed by atoms with Crippen LogP contribution in [0.15, 0.2) is 60.8 Å². The first-order valence-electron chi connectivity index (χ1n) is 9.59.